The number of benzene rings is 1. The number of rotatable bonds is 4. The number of urea groups is 1. The lowest BCUT2D eigenvalue weighted by Crippen LogP contribution is -2.66. The van der Waals surface area contributed by atoms with Gasteiger partial charge in [-0.15, -0.1) is 0 Å². The Balaban J connectivity index is 1.35. The maximum absolute atomic E-state index is 13.0. The molecule has 7 nitrogen and oxygen atoms in total. The van der Waals surface area contributed by atoms with Gasteiger partial charge >= 0.3 is 6.03 Å². The number of anilines is 2. The van der Waals surface area contributed by atoms with Crippen molar-refractivity contribution in [3.05, 3.63) is 53.7 Å². The number of ether oxygens (including phenoxy) is 1. The molecule has 1 N–H and O–H groups in total. The summed E-state index contributed by atoms with van der Waals surface area (Å²) in [6.45, 7) is 5.90. The topological polar surface area (TPSA) is 60.9 Å². The van der Waals surface area contributed by atoms with E-state index < -0.39 is 0 Å². The second-order valence-corrected chi connectivity index (χ2v) is 9.37. The second kappa shape index (κ2) is 7.50. The number of morpholine rings is 1. The van der Waals surface area contributed by atoms with Gasteiger partial charge in [0, 0.05) is 13.1 Å². The van der Waals surface area contributed by atoms with Crippen LogP contribution in [0.4, 0.5) is 16.3 Å². The highest BCUT2D eigenvalue weighted by molar-refractivity contribution is 5.96. The summed E-state index contributed by atoms with van der Waals surface area (Å²) in [6.07, 6.45) is 3.66. The Morgan fingerprint density at radius 1 is 1.13 bits per heavy atom. The highest BCUT2D eigenvalue weighted by Crippen LogP contribution is 2.53. The van der Waals surface area contributed by atoms with Crippen molar-refractivity contribution in [1.82, 2.24) is 15.2 Å². The molecule has 1 spiro atoms. The number of pyridine rings is 1. The van der Waals surface area contributed by atoms with Gasteiger partial charge in [-0.25, -0.2) is 9.78 Å². The predicted octanol–water partition coefficient (Wildman–Crippen LogP) is 2.75. The average Bonchev–Trinajstić information content (AvgIpc) is 3.10. The summed E-state index contributed by atoms with van der Waals surface area (Å²) >= 11 is 0. The fourth-order valence-corrected chi connectivity index (χ4v) is 5.48. The Kier molecular flexibility index (Phi) is 4.90. The van der Waals surface area contributed by atoms with Crippen LogP contribution in [0.1, 0.15) is 24.0 Å². The first-order chi connectivity index (χ1) is 14.9. The van der Waals surface area contributed by atoms with E-state index in [1.54, 1.807) is 0 Å². The smallest absolute Gasteiger partial charge is 0.322 e. The summed E-state index contributed by atoms with van der Waals surface area (Å²) in [7, 11) is 4.26. The van der Waals surface area contributed by atoms with E-state index in [9.17, 15) is 4.79 Å². The molecule has 2 saturated heterocycles. The molecule has 0 atom stereocenters. The molecule has 0 radical (unpaired) electrons. The normalized spacial score (nSPS) is 28.2. The molecule has 31 heavy (non-hydrogen) atoms. The van der Waals surface area contributed by atoms with Crippen molar-refractivity contribution in [3.63, 3.8) is 0 Å². The number of aryl methyl sites for hydroxylation is 1. The minimum atomic E-state index is -0.202. The Hall–Kier alpha value is -2.64. The highest BCUT2D eigenvalue weighted by atomic mass is 16.5. The largest absolute Gasteiger partial charge is 0.378 e. The van der Waals surface area contributed by atoms with Gasteiger partial charge in [-0.1, -0.05) is 30.3 Å². The lowest BCUT2D eigenvalue weighted by molar-refractivity contribution is -0.0169. The van der Waals surface area contributed by atoms with Gasteiger partial charge in [-0.05, 0) is 51.1 Å². The van der Waals surface area contributed by atoms with E-state index in [0.717, 1.165) is 56.2 Å². The van der Waals surface area contributed by atoms with Crippen LogP contribution in [0.2, 0.25) is 0 Å². The molecule has 5 rings (SSSR count). The lowest BCUT2D eigenvalue weighted by atomic mass is 9.59. The van der Waals surface area contributed by atoms with Crippen LogP contribution in [-0.2, 0) is 10.3 Å². The zero-order chi connectivity index (χ0) is 21.6. The fraction of sp³-hybridized carbons (Fsp3) is 0.500. The van der Waals surface area contributed by atoms with E-state index in [1.165, 1.54) is 5.56 Å². The second-order valence-electron chi connectivity index (χ2n) is 9.37. The number of nitrogens with zero attached hydrogens (tertiary/aromatic N) is 4. The Morgan fingerprint density at radius 3 is 2.48 bits per heavy atom. The van der Waals surface area contributed by atoms with Crippen LogP contribution in [0.5, 0.6) is 0 Å². The third-order valence-corrected chi connectivity index (χ3v) is 7.20. The molecule has 0 unspecified atom stereocenters. The molecule has 0 bridgehead atoms. The third kappa shape index (κ3) is 3.36. The number of hydrogen-bond donors (Lipinski definition) is 1. The van der Waals surface area contributed by atoms with Crippen LogP contribution < -0.4 is 15.1 Å². The van der Waals surface area contributed by atoms with E-state index in [4.69, 9.17) is 4.74 Å². The Bertz CT molecular complexity index is 965. The van der Waals surface area contributed by atoms with Gasteiger partial charge in [0.25, 0.3) is 0 Å². The molecule has 3 heterocycles. The molecule has 1 aliphatic carbocycles. The Labute approximate surface area is 184 Å². The average molecular weight is 422 g/mol. The molecule has 3 fully saturated rings. The third-order valence-electron chi connectivity index (χ3n) is 7.20. The molecule has 1 saturated carbocycles. The summed E-state index contributed by atoms with van der Waals surface area (Å²) in [5.41, 5.74) is 3.04. The van der Waals surface area contributed by atoms with Gasteiger partial charge in [0.15, 0.2) is 0 Å². The number of nitrogens with one attached hydrogen (secondary N) is 1. The van der Waals surface area contributed by atoms with E-state index in [-0.39, 0.29) is 17.1 Å². The molecular formula is C24H31N5O2. The number of carbonyl (C=O) groups is 1. The first-order valence-corrected chi connectivity index (χ1v) is 11.0. The van der Waals surface area contributed by atoms with Crippen molar-refractivity contribution < 1.29 is 9.53 Å². The van der Waals surface area contributed by atoms with Gasteiger partial charge in [0.2, 0.25) is 0 Å². The van der Waals surface area contributed by atoms with Crippen molar-refractivity contribution >= 4 is 17.5 Å². The van der Waals surface area contributed by atoms with Crippen LogP contribution in [-0.4, -0.2) is 68.4 Å². The molecule has 164 valence electrons. The molecule has 1 aromatic carbocycles. The summed E-state index contributed by atoms with van der Waals surface area (Å²) in [4.78, 5) is 24.1. The van der Waals surface area contributed by atoms with E-state index in [1.807, 2.05) is 11.1 Å². The zero-order valence-electron chi connectivity index (χ0n) is 18.6. The number of carbonyl (C=O) groups excluding carboxylic acids is 1. The standard InChI is InChI=1S/C24H31N5O2/c1-18-13-21(28-9-11-31-12-10-28)25-14-20(18)29-17-23(26-22(29)30)15-24(16-23,27(2)3)19-7-5-4-6-8-19/h4-8,13-14H,9-12,15-17H2,1-3H3,(H,26,30). The highest BCUT2D eigenvalue weighted by Gasteiger charge is 2.61. The molecule has 7 heteroatoms. The van der Waals surface area contributed by atoms with Crippen molar-refractivity contribution in [2.45, 2.75) is 30.8 Å². The van der Waals surface area contributed by atoms with E-state index >= 15 is 0 Å². The van der Waals surface area contributed by atoms with Crippen LogP contribution in [0, 0.1) is 6.92 Å². The summed E-state index contributed by atoms with van der Waals surface area (Å²) in [5, 5.41) is 3.31. The van der Waals surface area contributed by atoms with Gasteiger partial charge in [0.05, 0.1) is 42.7 Å². The quantitative estimate of drug-likeness (QED) is 0.823. The van der Waals surface area contributed by atoms with Gasteiger partial charge in [-0.2, -0.15) is 0 Å². The van der Waals surface area contributed by atoms with Crippen LogP contribution in [0.3, 0.4) is 0 Å². The minimum absolute atomic E-state index is 0.0237. The van der Waals surface area contributed by atoms with E-state index in [2.05, 4.69) is 77.5 Å². The SMILES string of the molecule is Cc1cc(N2CCOCC2)ncc1N1CC2(CC(c3ccccc3)(N(C)C)C2)NC1=O. The summed E-state index contributed by atoms with van der Waals surface area (Å²) in [5.74, 6) is 0.957. The predicted molar refractivity (Wildman–Crippen MR) is 122 cm³/mol. The molecule has 2 amide bonds. The maximum Gasteiger partial charge on any atom is 0.322 e. The van der Waals surface area contributed by atoms with Gasteiger partial charge in [-0.3, -0.25) is 9.80 Å². The number of hydrogen-bond acceptors (Lipinski definition) is 5. The van der Waals surface area contributed by atoms with Crippen molar-refractivity contribution in [3.8, 4) is 0 Å². The van der Waals surface area contributed by atoms with Gasteiger partial charge in [0.1, 0.15) is 5.82 Å². The maximum atomic E-state index is 13.0. The van der Waals surface area contributed by atoms with Crippen molar-refractivity contribution in [1.29, 1.82) is 0 Å². The van der Waals surface area contributed by atoms with Crippen LogP contribution >= 0.6 is 0 Å². The molecular weight excluding hydrogens is 390 g/mol. The molecule has 2 aromatic rings. The first kappa shape index (κ1) is 20.3. The monoisotopic (exact) mass is 421 g/mol. The van der Waals surface area contributed by atoms with Crippen LogP contribution in [0.25, 0.3) is 0 Å². The minimum Gasteiger partial charge on any atom is -0.378 e. The van der Waals surface area contributed by atoms with Gasteiger partial charge < -0.3 is 15.0 Å². The summed E-state index contributed by atoms with van der Waals surface area (Å²) in [6, 6.07) is 12.7. The molecule has 1 aromatic heterocycles. The van der Waals surface area contributed by atoms with Crippen molar-refractivity contribution in [2.75, 3.05) is 56.7 Å². The fourth-order valence-electron chi connectivity index (χ4n) is 5.48. The number of aromatic nitrogens is 1. The molecule has 3 aliphatic rings. The zero-order valence-corrected chi connectivity index (χ0v) is 18.6. The number of amides is 2. The molecule has 2 aliphatic heterocycles. The van der Waals surface area contributed by atoms with E-state index in [0.29, 0.717) is 6.54 Å². The Morgan fingerprint density at radius 2 is 1.84 bits per heavy atom. The first-order valence-electron chi connectivity index (χ1n) is 11.0. The lowest BCUT2D eigenvalue weighted by Gasteiger charge is -2.57. The van der Waals surface area contributed by atoms with Crippen LogP contribution in [0.15, 0.2) is 42.6 Å². The van der Waals surface area contributed by atoms with Crippen molar-refractivity contribution in [2.24, 2.45) is 0 Å². The summed E-state index contributed by atoms with van der Waals surface area (Å²) < 4.78 is 5.44.